The van der Waals surface area contributed by atoms with Crippen molar-refractivity contribution < 1.29 is 19.3 Å². The van der Waals surface area contributed by atoms with Gasteiger partial charge in [-0.05, 0) is 19.1 Å². The smallest absolute Gasteiger partial charge is 0.274 e. The summed E-state index contributed by atoms with van der Waals surface area (Å²) in [5, 5.41) is 22.6. The molecule has 0 saturated carbocycles. The van der Waals surface area contributed by atoms with Crippen LogP contribution in [0.5, 0.6) is 0 Å². The first-order valence-electron chi connectivity index (χ1n) is 9.35. The average molecular weight is 435 g/mol. The summed E-state index contributed by atoms with van der Waals surface area (Å²) >= 11 is 0. The van der Waals surface area contributed by atoms with Gasteiger partial charge in [-0.3, -0.25) is 20.2 Å². The molecule has 31 heavy (non-hydrogen) atoms. The monoisotopic (exact) mass is 435 g/mol. The molecule has 0 atom stereocenters. The molecular formula is C22H19N2O6Si. The lowest BCUT2D eigenvalue weighted by Gasteiger charge is -2.31. The largest absolute Gasteiger partial charge is 0.345 e. The Hall–Kier alpha value is -3.40. The first kappa shape index (κ1) is 22.3. The van der Waals surface area contributed by atoms with E-state index < -0.39 is 15.3 Å². The Bertz CT molecular complexity index is 1030. The number of hydrogen-bond acceptors (Lipinski definition) is 6. The van der Waals surface area contributed by atoms with Gasteiger partial charge in [-0.15, -0.1) is 0 Å². The number of nitro groups is 2. The molecule has 9 heteroatoms. The van der Waals surface area contributed by atoms with Crippen molar-refractivity contribution in [3.63, 3.8) is 0 Å². The molecule has 0 amide bonds. The molecule has 0 aliphatic carbocycles. The van der Waals surface area contributed by atoms with Crippen LogP contribution < -0.4 is 0 Å². The Morgan fingerprint density at radius 3 is 1.61 bits per heavy atom. The van der Waals surface area contributed by atoms with Gasteiger partial charge in [0.25, 0.3) is 11.4 Å². The standard InChI is InChI=1S/C22H19N2O6Si/c1-16-10-12-19(13-11-16)22(31,29-14-17-6-2-4-8-20(17)23(25)26)30-15-18-7-3-5-9-21(18)24(27)28/h2-13H,14-15H2,1H3. The fourth-order valence-corrected chi connectivity index (χ4v) is 3.27. The molecule has 0 N–H and O–H groups in total. The minimum Gasteiger partial charge on any atom is -0.345 e. The van der Waals surface area contributed by atoms with Crippen LogP contribution >= 0.6 is 0 Å². The second-order valence-corrected chi connectivity index (χ2v) is 7.49. The Labute approximate surface area is 182 Å². The third-order valence-corrected chi connectivity index (χ3v) is 5.25. The van der Waals surface area contributed by atoms with Crippen LogP contribution in [0.25, 0.3) is 0 Å². The lowest BCUT2D eigenvalue weighted by molar-refractivity contribution is -0.386. The van der Waals surface area contributed by atoms with Gasteiger partial charge in [-0.1, -0.05) is 54.1 Å². The molecule has 3 radical (unpaired) electrons. The third-order valence-electron chi connectivity index (χ3n) is 4.67. The molecule has 0 aliphatic heterocycles. The van der Waals surface area contributed by atoms with E-state index in [0.717, 1.165) is 5.56 Å². The first-order valence-corrected chi connectivity index (χ1v) is 9.85. The van der Waals surface area contributed by atoms with Gasteiger partial charge < -0.3 is 9.47 Å². The summed E-state index contributed by atoms with van der Waals surface area (Å²) < 4.78 is 11.9. The highest BCUT2D eigenvalue weighted by Gasteiger charge is 2.31. The SMILES string of the molecule is Cc1ccc(C([Si])(OCc2ccccc2[N+](=O)[O-])OCc2ccccc2[N+](=O)[O-])cc1. The highest BCUT2D eigenvalue weighted by atomic mass is 28.1. The normalized spacial score (nSPS) is 11.3. The summed E-state index contributed by atoms with van der Waals surface area (Å²) in [6.07, 6.45) is 0. The summed E-state index contributed by atoms with van der Waals surface area (Å²) in [5.74, 6) is 0. The molecule has 0 unspecified atom stereocenters. The number of benzene rings is 3. The number of para-hydroxylation sites is 2. The number of rotatable bonds is 9. The third kappa shape index (κ3) is 5.40. The van der Waals surface area contributed by atoms with E-state index in [2.05, 4.69) is 10.2 Å². The summed E-state index contributed by atoms with van der Waals surface area (Å²) in [4.78, 5) is 21.7. The van der Waals surface area contributed by atoms with Gasteiger partial charge in [0.2, 0.25) is 0 Å². The van der Waals surface area contributed by atoms with Crippen molar-refractivity contribution >= 4 is 21.6 Å². The topological polar surface area (TPSA) is 105 Å². The number of nitrogens with zero attached hydrogens (tertiary/aromatic N) is 2. The van der Waals surface area contributed by atoms with E-state index in [1.165, 1.54) is 12.1 Å². The van der Waals surface area contributed by atoms with E-state index >= 15 is 0 Å². The Kier molecular flexibility index (Phi) is 6.90. The minimum absolute atomic E-state index is 0.0703. The quantitative estimate of drug-likeness (QED) is 0.212. The van der Waals surface area contributed by atoms with Crippen LogP contribution in [0.15, 0.2) is 72.8 Å². The van der Waals surface area contributed by atoms with E-state index in [9.17, 15) is 20.2 Å². The van der Waals surface area contributed by atoms with E-state index in [1.807, 2.05) is 19.1 Å². The summed E-state index contributed by atoms with van der Waals surface area (Å²) in [6, 6.07) is 19.8. The van der Waals surface area contributed by atoms with Crippen molar-refractivity contribution in [1.29, 1.82) is 0 Å². The highest BCUT2D eigenvalue weighted by molar-refractivity contribution is 6.13. The molecule has 157 valence electrons. The van der Waals surface area contributed by atoms with E-state index in [4.69, 9.17) is 9.47 Å². The lowest BCUT2D eigenvalue weighted by Crippen LogP contribution is -2.33. The number of nitro benzene ring substituents is 2. The van der Waals surface area contributed by atoms with Crippen molar-refractivity contribution in [1.82, 2.24) is 0 Å². The molecule has 0 spiro atoms. The second-order valence-electron chi connectivity index (χ2n) is 6.83. The molecule has 3 rings (SSSR count). The van der Waals surface area contributed by atoms with Crippen LogP contribution in [-0.2, 0) is 28.1 Å². The summed E-state index contributed by atoms with van der Waals surface area (Å²) in [6.45, 7) is 1.69. The molecular weight excluding hydrogens is 416 g/mol. The zero-order chi connectivity index (χ0) is 22.4. The number of aryl methyl sites for hydroxylation is 1. The van der Waals surface area contributed by atoms with Crippen LogP contribution in [0.1, 0.15) is 22.3 Å². The van der Waals surface area contributed by atoms with Gasteiger partial charge in [0.15, 0.2) is 5.41 Å². The Morgan fingerprint density at radius 2 is 1.19 bits per heavy atom. The molecule has 0 aromatic heterocycles. The van der Waals surface area contributed by atoms with Crippen LogP contribution in [-0.4, -0.2) is 20.1 Å². The number of ether oxygens (including phenoxy) is 2. The van der Waals surface area contributed by atoms with Crippen LogP contribution in [0, 0.1) is 27.2 Å². The van der Waals surface area contributed by atoms with Crippen molar-refractivity contribution in [2.24, 2.45) is 0 Å². The number of hydrogen-bond donors (Lipinski definition) is 0. The van der Waals surface area contributed by atoms with Gasteiger partial charge in [0, 0.05) is 17.7 Å². The van der Waals surface area contributed by atoms with Gasteiger partial charge in [-0.2, -0.15) is 0 Å². The van der Waals surface area contributed by atoms with E-state index in [1.54, 1.807) is 48.5 Å². The van der Waals surface area contributed by atoms with Crippen LogP contribution in [0.2, 0.25) is 0 Å². The Morgan fingerprint density at radius 1 is 0.774 bits per heavy atom. The maximum atomic E-state index is 11.3. The molecule has 0 fully saturated rings. The van der Waals surface area contributed by atoms with E-state index in [0.29, 0.717) is 16.7 Å². The fourth-order valence-electron chi connectivity index (χ4n) is 2.96. The molecule has 0 heterocycles. The maximum Gasteiger partial charge on any atom is 0.274 e. The van der Waals surface area contributed by atoms with Gasteiger partial charge in [0.1, 0.15) is 10.2 Å². The molecule has 8 nitrogen and oxygen atoms in total. The predicted molar refractivity (Wildman–Crippen MR) is 114 cm³/mol. The van der Waals surface area contributed by atoms with Crippen LogP contribution in [0.4, 0.5) is 11.4 Å². The van der Waals surface area contributed by atoms with Crippen molar-refractivity contribution in [2.45, 2.75) is 25.5 Å². The highest BCUT2D eigenvalue weighted by Crippen LogP contribution is 2.30. The molecule has 0 bridgehead atoms. The predicted octanol–water partition coefficient (Wildman–Crippen LogP) is 4.52. The van der Waals surface area contributed by atoms with Gasteiger partial charge in [-0.25, -0.2) is 0 Å². The molecule has 0 saturated heterocycles. The van der Waals surface area contributed by atoms with Crippen LogP contribution in [0.3, 0.4) is 0 Å². The zero-order valence-electron chi connectivity index (χ0n) is 16.7. The summed E-state index contributed by atoms with van der Waals surface area (Å²) in [5.41, 5.74) is 0.745. The first-order chi connectivity index (χ1) is 14.8. The minimum atomic E-state index is -1.48. The second kappa shape index (κ2) is 9.60. The summed E-state index contributed by atoms with van der Waals surface area (Å²) in [7, 11) is 3.54. The molecule has 3 aromatic carbocycles. The van der Waals surface area contributed by atoms with Gasteiger partial charge >= 0.3 is 0 Å². The van der Waals surface area contributed by atoms with Gasteiger partial charge in [0.05, 0.1) is 34.2 Å². The zero-order valence-corrected chi connectivity index (χ0v) is 17.7. The molecule has 0 aliphatic rings. The average Bonchev–Trinajstić information content (AvgIpc) is 2.77. The lowest BCUT2D eigenvalue weighted by atomic mass is 10.1. The fraction of sp³-hybridized carbons (Fsp3) is 0.182. The Balaban J connectivity index is 1.88. The van der Waals surface area contributed by atoms with E-state index in [-0.39, 0.29) is 24.6 Å². The van der Waals surface area contributed by atoms with Crippen molar-refractivity contribution in [2.75, 3.05) is 0 Å². The molecule has 3 aromatic rings. The van der Waals surface area contributed by atoms with Crippen molar-refractivity contribution in [3.8, 4) is 0 Å². The van der Waals surface area contributed by atoms with Crippen molar-refractivity contribution in [3.05, 3.63) is 115 Å². The maximum absolute atomic E-state index is 11.3.